The van der Waals surface area contributed by atoms with Gasteiger partial charge in [-0.05, 0) is 6.42 Å². The second-order valence-corrected chi connectivity index (χ2v) is 6.17. The van der Waals surface area contributed by atoms with E-state index in [9.17, 15) is 9.36 Å². The number of hydrogen-bond acceptors (Lipinski definition) is 3. The molecule has 0 aliphatic rings. The summed E-state index contributed by atoms with van der Waals surface area (Å²) in [6.45, 7) is -2.27. The lowest BCUT2D eigenvalue weighted by atomic mass is 10.2. The van der Waals surface area contributed by atoms with E-state index in [1.54, 1.807) is 0 Å². The average molecular weight is 243 g/mol. The molecule has 0 heterocycles. The molecule has 0 fully saturated rings. The lowest BCUT2D eigenvalue weighted by molar-refractivity contribution is 0.175. The van der Waals surface area contributed by atoms with Crippen LogP contribution in [0.15, 0.2) is 0 Å². The van der Waals surface area contributed by atoms with Gasteiger partial charge in [0.15, 0.2) is 0 Å². The van der Waals surface area contributed by atoms with Gasteiger partial charge >= 0.3 is 12.9 Å². The van der Waals surface area contributed by atoms with E-state index < -0.39 is 12.9 Å². The molecule has 0 aliphatic heterocycles. The SMILES string of the molecule is CCCCCN(SP(=O)(O)O)C(=O)O. The van der Waals surface area contributed by atoms with Gasteiger partial charge in [-0.1, -0.05) is 19.8 Å². The van der Waals surface area contributed by atoms with E-state index in [-0.39, 0.29) is 18.1 Å². The van der Waals surface area contributed by atoms with Crippen molar-refractivity contribution >= 4 is 24.5 Å². The lowest BCUT2D eigenvalue weighted by Crippen LogP contribution is -2.23. The van der Waals surface area contributed by atoms with Crippen molar-refractivity contribution in [3.63, 3.8) is 0 Å². The van der Waals surface area contributed by atoms with Crippen LogP contribution in [0, 0.1) is 0 Å². The van der Waals surface area contributed by atoms with Gasteiger partial charge in [0.05, 0.1) is 11.6 Å². The quantitative estimate of drug-likeness (QED) is 0.374. The van der Waals surface area contributed by atoms with E-state index in [0.29, 0.717) is 10.7 Å². The van der Waals surface area contributed by atoms with Crippen LogP contribution < -0.4 is 0 Å². The molecule has 0 unspecified atom stereocenters. The third-order valence-electron chi connectivity index (χ3n) is 1.38. The molecule has 0 aromatic rings. The first-order valence-corrected chi connectivity index (χ1v) is 7.11. The van der Waals surface area contributed by atoms with Crippen molar-refractivity contribution in [3.05, 3.63) is 0 Å². The largest absolute Gasteiger partial charge is 0.464 e. The highest BCUT2D eigenvalue weighted by molar-refractivity contribution is 8.53. The molecule has 0 rings (SSSR count). The Morgan fingerprint density at radius 3 is 2.36 bits per heavy atom. The standard InChI is InChI=1S/C6H14NO5PS/c1-2-3-4-5-7(6(8)9)14-13(10,11)12/h2-5H2,1H3,(H,8,9)(H2,10,11,12). The van der Waals surface area contributed by atoms with Crippen LogP contribution in [0.25, 0.3) is 0 Å². The topological polar surface area (TPSA) is 98.1 Å². The van der Waals surface area contributed by atoms with Crippen LogP contribution in [0.4, 0.5) is 4.79 Å². The predicted molar refractivity (Wildman–Crippen MR) is 53.9 cm³/mol. The molecule has 84 valence electrons. The first-order valence-electron chi connectivity index (χ1n) is 4.12. The Hall–Kier alpha value is -0.230. The van der Waals surface area contributed by atoms with E-state index >= 15 is 0 Å². The maximum atomic E-state index is 10.5. The van der Waals surface area contributed by atoms with Crippen molar-refractivity contribution in [1.29, 1.82) is 0 Å². The normalized spacial score (nSPS) is 11.4. The molecule has 0 saturated heterocycles. The summed E-state index contributed by atoms with van der Waals surface area (Å²) in [5, 5.41) is 8.60. The third kappa shape index (κ3) is 7.20. The Balaban J connectivity index is 4.04. The molecule has 3 N–H and O–H groups in total. The minimum Gasteiger partial charge on any atom is -0.464 e. The minimum atomic E-state index is -4.36. The summed E-state index contributed by atoms with van der Waals surface area (Å²) >= 11 is 0.0609. The molecule has 0 bridgehead atoms. The van der Waals surface area contributed by atoms with Crippen LogP contribution in [-0.4, -0.2) is 31.8 Å². The van der Waals surface area contributed by atoms with Crippen molar-refractivity contribution in [2.24, 2.45) is 0 Å². The third-order valence-corrected chi connectivity index (χ3v) is 3.36. The molecular formula is C6H14NO5PS. The molecule has 0 aromatic heterocycles. The second kappa shape index (κ2) is 6.29. The molecule has 6 nitrogen and oxygen atoms in total. The van der Waals surface area contributed by atoms with Crippen LogP contribution in [0.1, 0.15) is 26.2 Å². The van der Waals surface area contributed by atoms with Gasteiger partial charge in [0.2, 0.25) is 0 Å². The van der Waals surface area contributed by atoms with E-state index in [0.717, 1.165) is 12.8 Å². The van der Waals surface area contributed by atoms with Crippen molar-refractivity contribution in [1.82, 2.24) is 4.31 Å². The van der Waals surface area contributed by atoms with E-state index in [1.807, 2.05) is 6.92 Å². The predicted octanol–water partition coefficient (Wildman–Crippen LogP) is 1.90. The number of rotatable bonds is 6. The summed E-state index contributed by atoms with van der Waals surface area (Å²) in [6.07, 6.45) is 1.05. The van der Waals surface area contributed by atoms with Gasteiger partial charge in [-0.15, -0.1) is 0 Å². The van der Waals surface area contributed by atoms with Crippen molar-refractivity contribution in [3.8, 4) is 0 Å². The lowest BCUT2D eigenvalue weighted by Gasteiger charge is -2.17. The first-order chi connectivity index (χ1) is 6.37. The number of amides is 1. The molecule has 1 amide bonds. The van der Waals surface area contributed by atoms with Crippen LogP contribution in [0.3, 0.4) is 0 Å². The van der Waals surface area contributed by atoms with Gasteiger partial charge in [-0.2, -0.15) is 0 Å². The van der Waals surface area contributed by atoms with E-state index in [2.05, 4.69) is 0 Å². The Labute approximate surface area is 86.3 Å². The zero-order valence-electron chi connectivity index (χ0n) is 7.79. The molecule has 0 aromatic carbocycles. The fourth-order valence-electron chi connectivity index (χ4n) is 0.805. The first kappa shape index (κ1) is 13.8. The highest BCUT2D eigenvalue weighted by Gasteiger charge is 2.24. The monoisotopic (exact) mass is 243 g/mol. The number of carboxylic acid groups (broad SMARTS) is 1. The Bertz CT molecular complexity index is 230. The molecule has 0 saturated carbocycles. The summed E-state index contributed by atoms with van der Waals surface area (Å²) in [5.74, 6) is 0. The molecule has 0 radical (unpaired) electrons. The van der Waals surface area contributed by atoms with E-state index in [4.69, 9.17) is 14.9 Å². The highest BCUT2D eigenvalue weighted by Crippen LogP contribution is 2.52. The van der Waals surface area contributed by atoms with Crippen LogP contribution in [-0.2, 0) is 4.57 Å². The van der Waals surface area contributed by atoms with Gasteiger partial charge in [-0.3, -0.25) is 0 Å². The van der Waals surface area contributed by atoms with Crippen molar-refractivity contribution in [2.75, 3.05) is 6.54 Å². The zero-order valence-corrected chi connectivity index (χ0v) is 9.50. The van der Waals surface area contributed by atoms with Crippen molar-refractivity contribution in [2.45, 2.75) is 26.2 Å². The maximum Gasteiger partial charge on any atom is 0.417 e. The maximum absolute atomic E-state index is 10.5. The number of nitrogens with zero attached hydrogens (tertiary/aromatic N) is 1. The second-order valence-electron chi connectivity index (χ2n) is 2.66. The molecule has 0 spiro atoms. The molecule has 0 atom stereocenters. The number of unbranched alkanes of at least 4 members (excludes halogenated alkanes) is 2. The highest BCUT2D eigenvalue weighted by atomic mass is 32.7. The molecule has 14 heavy (non-hydrogen) atoms. The molecular weight excluding hydrogens is 229 g/mol. The van der Waals surface area contributed by atoms with Gasteiger partial charge in [0.1, 0.15) is 0 Å². The van der Waals surface area contributed by atoms with Crippen LogP contribution in [0.2, 0.25) is 0 Å². The smallest absolute Gasteiger partial charge is 0.417 e. The number of hydrogen-bond donors (Lipinski definition) is 3. The summed E-state index contributed by atoms with van der Waals surface area (Å²) in [4.78, 5) is 27.7. The Morgan fingerprint density at radius 1 is 1.43 bits per heavy atom. The van der Waals surface area contributed by atoms with Gasteiger partial charge in [-0.25, -0.2) is 13.7 Å². The fraction of sp³-hybridized carbons (Fsp3) is 0.833. The summed E-state index contributed by atoms with van der Waals surface area (Å²) in [5.41, 5.74) is 0. The van der Waals surface area contributed by atoms with E-state index in [1.165, 1.54) is 0 Å². The summed E-state index contributed by atoms with van der Waals surface area (Å²) < 4.78 is 11.2. The van der Waals surface area contributed by atoms with Gasteiger partial charge in [0, 0.05) is 6.54 Å². The van der Waals surface area contributed by atoms with Crippen molar-refractivity contribution < 1.29 is 24.3 Å². The number of carbonyl (C=O) groups is 1. The van der Waals surface area contributed by atoms with Gasteiger partial charge in [0.25, 0.3) is 0 Å². The Morgan fingerprint density at radius 2 is 2.00 bits per heavy atom. The van der Waals surface area contributed by atoms with Crippen LogP contribution in [0.5, 0.6) is 0 Å². The minimum absolute atomic E-state index is 0.0609. The average Bonchev–Trinajstić information content (AvgIpc) is 2.00. The molecule has 8 heteroatoms. The molecule has 0 aliphatic carbocycles. The zero-order chi connectivity index (χ0) is 11.2. The van der Waals surface area contributed by atoms with Gasteiger partial charge < -0.3 is 14.9 Å². The summed E-state index contributed by atoms with van der Waals surface area (Å²) in [7, 11) is 0. The van der Waals surface area contributed by atoms with Crippen LogP contribution >= 0.6 is 18.4 Å². The summed E-state index contributed by atoms with van der Waals surface area (Å²) in [6, 6.07) is 0. The fourth-order valence-corrected chi connectivity index (χ4v) is 2.57. The Kier molecular flexibility index (Phi) is 6.19.